The Labute approximate surface area is 361 Å². The highest BCUT2D eigenvalue weighted by Crippen LogP contribution is 2.64. The summed E-state index contributed by atoms with van der Waals surface area (Å²) in [5, 5.41) is 3.78. The van der Waals surface area contributed by atoms with E-state index in [9.17, 15) is 0 Å². The van der Waals surface area contributed by atoms with E-state index in [0.29, 0.717) is 0 Å². The molecule has 2 unspecified atom stereocenters. The van der Waals surface area contributed by atoms with E-state index in [1.54, 1.807) is 0 Å². The van der Waals surface area contributed by atoms with Crippen LogP contribution < -0.4 is 20.9 Å². The molecule has 0 aliphatic heterocycles. The molecule has 1 spiro atoms. The van der Waals surface area contributed by atoms with E-state index in [0.717, 1.165) is 72.0 Å². The molecule has 61 heavy (non-hydrogen) atoms. The molecule has 0 saturated carbocycles. The molecule has 3 N–H and O–H groups in total. The Bertz CT molecular complexity index is 2760. The minimum Gasteiger partial charge on any atom is -0.385 e. The number of para-hydroxylation sites is 3. The van der Waals surface area contributed by atoms with Crippen molar-refractivity contribution in [1.82, 2.24) is 0 Å². The Kier molecular flexibility index (Phi) is 10.2. The third-order valence-electron chi connectivity index (χ3n) is 12.7. The molecule has 0 heterocycles. The number of anilines is 7. The van der Waals surface area contributed by atoms with Crippen LogP contribution in [0.5, 0.6) is 0 Å². The molecule has 0 bridgehead atoms. The fraction of sp³-hybridized carbons (Fsp3) is 0.158. The molecule has 0 amide bonds. The van der Waals surface area contributed by atoms with E-state index >= 15 is 0 Å². The van der Waals surface area contributed by atoms with Gasteiger partial charge in [0.15, 0.2) is 0 Å². The van der Waals surface area contributed by atoms with Gasteiger partial charge in [0, 0.05) is 52.4 Å². The van der Waals surface area contributed by atoms with Crippen molar-refractivity contribution in [2.45, 2.75) is 51.0 Å². The topological polar surface area (TPSA) is 44.5 Å². The van der Waals surface area contributed by atoms with Crippen molar-refractivity contribution in [2.24, 2.45) is 5.73 Å². The highest BCUT2D eigenvalue weighted by Gasteiger charge is 2.52. The summed E-state index contributed by atoms with van der Waals surface area (Å²) in [4.78, 5) is 4.72. The van der Waals surface area contributed by atoms with Gasteiger partial charge in [0.25, 0.3) is 0 Å². The maximum absolute atomic E-state index is 6.94. The highest BCUT2D eigenvalue weighted by atomic mass is 15.2. The molecule has 10 rings (SSSR count). The van der Waals surface area contributed by atoms with Crippen LogP contribution in [0.15, 0.2) is 194 Å². The smallest absolute Gasteiger partial charge is 0.0727 e. The first-order valence-electron chi connectivity index (χ1n) is 22.0. The largest absolute Gasteiger partial charge is 0.385 e. The summed E-state index contributed by atoms with van der Waals surface area (Å²) in [6.07, 6.45) is 4.26. The zero-order valence-electron chi connectivity index (χ0n) is 35.1. The van der Waals surface area contributed by atoms with Crippen LogP contribution in [0.2, 0.25) is 0 Å². The van der Waals surface area contributed by atoms with Gasteiger partial charge in [0.05, 0.1) is 5.41 Å². The van der Waals surface area contributed by atoms with Gasteiger partial charge in [-0.1, -0.05) is 136 Å². The molecule has 0 saturated heterocycles. The summed E-state index contributed by atoms with van der Waals surface area (Å²) in [7, 11) is 0. The zero-order valence-corrected chi connectivity index (χ0v) is 35.1. The van der Waals surface area contributed by atoms with E-state index in [2.05, 4.69) is 223 Å². The monoisotopic (exact) mass is 792 g/mol. The highest BCUT2D eigenvalue weighted by molar-refractivity contribution is 5.97. The molecular formula is C57H52N4. The number of hydrogen-bond donors (Lipinski definition) is 2. The zero-order chi connectivity index (χ0) is 41.3. The van der Waals surface area contributed by atoms with Gasteiger partial charge in [-0.05, 0) is 148 Å². The molecule has 8 aromatic rings. The van der Waals surface area contributed by atoms with Crippen LogP contribution in [0.3, 0.4) is 0 Å². The maximum Gasteiger partial charge on any atom is 0.0727 e. The lowest BCUT2D eigenvalue weighted by molar-refractivity contribution is 0.636. The Balaban J connectivity index is 1.17. The van der Waals surface area contributed by atoms with Crippen molar-refractivity contribution in [3.05, 3.63) is 222 Å². The van der Waals surface area contributed by atoms with E-state index in [1.807, 2.05) is 0 Å². The van der Waals surface area contributed by atoms with Gasteiger partial charge in [-0.3, -0.25) is 0 Å². The average molecular weight is 793 g/mol. The fourth-order valence-electron chi connectivity index (χ4n) is 9.93. The van der Waals surface area contributed by atoms with Crippen molar-refractivity contribution in [3.8, 4) is 22.3 Å². The van der Waals surface area contributed by atoms with Crippen LogP contribution in [-0.4, -0.2) is 6.54 Å². The van der Waals surface area contributed by atoms with Gasteiger partial charge >= 0.3 is 0 Å². The molecule has 4 nitrogen and oxygen atoms in total. The Morgan fingerprint density at radius 1 is 0.443 bits per heavy atom. The second-order valence-corrected chi connectivity index (χ2v) is 16.5. The summed E-state index contributed by atoms with van der Waals surface area (Å²) in [5.74, 6) is 0. The number of nitrogens with one attached hydrogen (secondary N) is 1. The fourth-order valence-corrected chi connectivity index (χ4v) is 9.93. The molecule has 2 atom stereocenters. The summed E-state index contributed by atoms with van der Waals surface area (Å²) in [5.41, 5.74) is 25.8. The first kappa shape index (κ1) is 38.3. The van der Waals surface area contributed by atoms with E-state index < -0.39 is 5.41 Å². The summed E-state index contributed by atoms with van der Waals surface area (Å²) >= 11 is 0. The number of fused-ring (bicyclic) bond motifs is 10. The van der Waals surface area contributed by atoms with E-state index in [4.69, 9.17) is 5.73 Å². The molecule has 2 aliphatic rings. The average Bonchev–Trinajstić information content (AvgIpc) is 3.77. The Morgan fingerprint density at radius 3 is 1.49 bits per heavy atom. The Morgan fingerprint density at radius 2 is 0.902 bits per heavy atom. The van der Waals surface area contributed by atoms with Gasteiger partial charge in [-0.25, -0.2) is 0 Å². The van der Waals surface area contributed by atoms with Crippen LogP contribution in [0.1, 0.15) is 73.4 Å². The summed E-state index contributed by atoms with van der Waals surface area (Å²) in [6.45, 7) is 5.41. The van der Waals surface area contributed by atoms with Crippen molar-refractivity contribution in [3.63, 3.8) is 0 Å². The van der Waals surface area contributed by atoms with Crippen molar-refractivity contribution < 1.29 is 0 Å². The van der Waals surface area contributed by atoms with Gasteiger partial charge in [-0.15, -0.1) is 0 Å². The second kappa shape index (κ2) is 16.3. The number of nitrogens with zero attached hydrogens (tertiary/aromatic N) is 2. The quantitative estimate of drug-likeness (QED) is 0.114. The summed E-state index contributed by atoms with van der Waals surface area (Å²) in [6, 6.07) is 71.3. The van der Waals surface area contributed by atoms with Gasteiger partial charge in [-0.2, -0.15) is 0 Å². The standard InChI is InChI=1S/C57H52N4/c1-3-5-36-59-41-27-34-50-49-33-26-40(56(58)17-4-2)37-53(49)57(54(50)38-41)52-25-16-15-24-48(52)51-35-32-47(39-55(51)57)61(44-22-13-8-14-23-44)46-30-28-45(29-31-46)60(42-18-9-6-10-19-42)43-20-11-7-12-21-43/h6-16,18-35,37-39,56,59H,3-5,17,36,58H2,1-2H3. The number of nitrogens with two attached hydrogens (primary N) is 1. The van der Waals surface area contributed by atoms with Crippen molar-refractivity contribution in [1.29, 1.82) is 0 Å². The number of hydrogen-bond acceptors (Lipinski definition) is 4. The molecular weight excluding hydrogens is 741 g/mol. The van der Waals surface area contributed by atoms with Crippen LogP contribution in [-0.2, 0) is 5.41 Å². The minimum absolute atomic E-state index is 0.0268. The van der Waals surface area contributed by atoms with E-state index in [1.165, 1.54) is 50.1 Å². The lowest BCUT2D eigenvalue weighted by Crippen LogP contribution is -2.27. The van der Waals surface area contributed by atoms with Crippen LogP contribution in [0.25, 0.3) is 22.3 Å². The van der Waals surface area contributed by atoms with Crippen molar-refractivity contribution in [2.75, 3.05) is 21.7 Å². The third-order valence-corrected chi connectivity index (χ3v) is 12.7. The lowest BCUT2D eigenvalue weighted by atomic mass is 9.70. The van der Waals surface area contributed by atoms with Gasteiger partial charge < -0.3 is 20.9 Å². The predicted molar refractivity (Wildman–Crippen MR) is 257 cm³/mol. The molecule has 300 valence electrons. The number of benzene rings is 8. The first-order chi connectivity index (χ1) is 30.1. The second-order valence-electron chi connectivity index (χ2n) is 16.5. The minimum atomic E-state index is -0.533. The van der Waals surface area contributed by atoms with Crippen LogP contribution in [0.4, 0.5) is 39.8 Å². The maximum atomic E-state index is 6.94. The summed E-state index contributed by atoms with van der Waals surface area (Å²) < 4.78 is 0. The molecule has 0 fully saturated rings. The first-order valence-corrected chi connectivity index (χ1v) is 22.0. The van der Waals surface area contributed by atoms with E-state index in [-0.39, 0.29) is 6.04 Å². The van der Waals surface area contributed by atoms with Gasteiger partial charge in [0.2, 0.25) is 0 Å². The predicted octanol–water partition coefficient (Wildman–Crippen LogP) is 15.0. The van der Waals surface area contributed by atoms with Crippen LogP contribution >= 0.6 is 0 Å². The van der Waals surface area contributed by atoms with Crippen LogP contribution in [0, 0.1) is 0 Å². The normalized spacial score (nSPS) is 14.8. The molecule has 4 heteroatoms. The SMILES string of the molecule is CCCCNc1ccc2c(c1)C1(c3ccccc3-c3ccc(N(c4ccccc4)c4ccc(N(c5ccccc5)c5ccccc5)cc4)cc31)c1cc(C(N)CCC)ccc1-2. The van der Waals surface area contributed by atoms with Gasteiger partial charge in [0.1, 0.15) is 0 Å². The number of unbranched alkanes of at least 4 members (excludes halogenated alkanes) is 1. The Hall–Kier alpha value is -6.88. The lowest BCUT2D eigenvalue weighted by Gasteiger charge is -2.33. The third kappa shape index (κ3) is 6.59. The number of rotatable bonds is 13. The molecule has 8 aromatic carbocycles. The van der Waals surface area contributed by atoms with Crippen molar-refractivity contribution >= 4 is 39.8 Å². The molecule has 0 radical (unpaired) electrons. The molecule has 0 aromatic heterocycles. The molecule has 2 aliphatic carbocycles.